The lowest BCUT2D eigenvalue weighted by atomic mass is 9.53. The van der Waals surface area contributed by atoms with Crippen LogP contribution in [0.5, 0.6) is 0 Å². The molecule has 0 heterocycles. The molecule has 1 nitrogen and oxygen atoms in total. The molecule has 1 heteroatoms. The van der Waals surface area contributed by atoms with Crippen LogP contribution in [0.15, 0.2) is 11.6 Å². The highest BCUT2D eigenvalue weighted by Gasteiger charge is 2.46. The van der Waals surface area contributed by atoms with Crippen LogP contribution >= 0.6 is 0 Å². The van der Waals surface area contributed by atoms with E-state index in [0.29, 0.717) is 17.3 Å². The maximum absolute atomic E-state index is 4.91. The molecule has 0 amide bonds. The van der Waals surface area contributed by atoms with Gasteiger partial charge in [-0.15, -0.1) is 0 Å². The van der Waals surface area contributed by atoms with Gasteiger partial charge in [0.15, 0.2) is 0 Å². The van der Waals surface area contributed by atoms with E-state index in [2.05, 4.69) is 33.8 Å². The Labute approximate surface area is 107 Å². The molecule has 0 bridgehead atoms. The van der Waals surface area contributed by atoms with Crippen molar-refractivity contribution in [3.63, 3.8) is 0 Å². The normalized spacial score (nSPS) is 42.2. The molecular formula is C16H28N-. The van der Waals surface area contributed by atoms with Gasteiger partial charge in [0.1, 0.15) is 0 Å². The molecule has 2 aliphatic rings. The molecule has 0 N–H and O–H groups in total. The van der Waals surface area contributed by atoms with E-state index < -0.39 is 0 Å². The molecule has 0 aromatic carbocycles. The SMILES string of the molecule is C[N-][C@@]12C=C(C(C)C)CC[C@@]1(C)CCC[C@H]2C. The molecule has 0 aromatic heterocycles. The third-order valence-corrected chi connectivity index (χ3v) is 5.57. The predicted molar refractivity (Wildman–Crippen MR) is 75.3 cm³/mol. The van der Waals surface area contributed by atoms with Crippen LogP contribution in [0.2, 0.25) is 0 Å². The molecular weight excluding hydrogens is 206 g/mol. The minimum Gasteiger partial charge on any atom is -0.655 e. The summed E-state index contributed by atoms with van der Waals surface area (Å²) >= 11 is 0. The van der Waals surface area contributed by atoms with Gasteiger partial charge in [-0.3, -0.25) is 0 Å². The quantitative estimate of drug-likeness (QED) is 0.601. The van der Waals surface area contributed by atoms with Crippen LogP contribution in [0.4, 0.5) is 0 Å². The maximum atomic E-state index is 4.91. The van der Waals surface area contributed by atoms with Crippen molar-refractivity contribution in [1.29, 1.82) is 0 Å². The van der Waals surface area contributed by atoms with Gasteiger partial charge in [-0.05, 0) is 30.6 Å². The molecule has 0 aromatic rings. The first-order chi connectivity index (χ1) is 7.95. The first-order valence-corrected chi connectivity index (χ1v) is 7.28. The Bertz CT molecular complexity index is 317. The largest absolute Gasteiger partial charge is 0.655 e. The van der Waals surface area contributed by atoms with Gasteiger partial charge in [0.25, 0.3) is 0 Å². The fraction of sp³-hybridized carbons (Fsp3) is 0.875. The maximum Gasteiger partial charge on any atom is -0.0261 e. The average molecular weight is 234 g/mol. The minimum atomic E-state index is 0.128. The Balaban J connectivity index is 2.44. The lowest BCUT2D eigenvalue weighted by molar-refractivity contribution is 0.0729. The zero-order valence-corrected chi connectivity index (χ0v) is 12.2. The van der Waals surface area contributed by atoms with Crippen LogP contribution < -0.4 is 0 Å². The van der Waals surface area contributed by atoms with Gasteiger partial charge in [0.2, 0.25) is 0 Å². The van der Waals surface area contributed by atoms with E-state index in [0.717, 1.165) is 0 Å². The molecule has 0 spiro atoms. The van der Waals surface area contributed by atoms with Gasteiger partial charge in [0.05, 0.1) is 0 Å². The van der Waals surface area contributed by atoms with E-state index in [1.54, 1.807) is 5.57 Å². The van der Waals surface area contributed by atoms with Crippen molar-refractivity contribution < 1.29 is 0 Å². The molecule has 2 rings (SSSR count). The lowest BCUT2D eigenvalue weighted by Crippen LogP contribution is -2.53. The third kappa shape index (κ3) is 1.87. The van der Waals surface area contributed by atoms with Crippen molar-refractivity contribution in [1.82, 2.24) is 0 Å². The Morgan fingerprint density at radius 2 is 2.06 bits per heavy atom. The zero-order chi connectivity index (χ0) is 12.7. The number of hydrogen-bond donors (Lipinski definition) is 0. The van der Waals surface area contributed by atoms with Crippen LogP contribution in [0, 0.1) is 17.3 Å². The van der Waals surface area contributed by atoms with Gasteiger partial charge in [-0.2, -0.15) is 7.05 Å². The lowest BCUT2D eigenvalue weighted by Gasteiger charge is -2.65. The summed E-state index contributed by atoms with van der Waals surface area (Å²) in [6.07, 6.45) is 9.27. The highest BCUT2D eigenvalue weighted by molar-refractivity contribution is 5.34. The second-order valence-electron chi connectivity index (χ2n) is 6.78. The van der Waals surface area contributed by atoms with Gasteiger partial charge < -0.3 is 5.32 Å². The van der Waals surface area contributed by atoms with Crippen LogP contribution in [0.25, 0.3) is 5.32 Å². The van der Waals surface area contributed by atoms with E-state index in [4.69, 9.17) is 5.32 Å². The number of nitrogens with zero attached hydrogens (tertiary/aromatic N) is 1. The Morgan fingerprint density at radius 1 is 1.35 bits per heavy atom. The first-order valence-electron chi connectivity index (χ1n) is 7.28. The third-order valence-electron chi connectivity index (χ3n) is 5.57. The van der Waals surface area contributed by atoms with Crippen LogP contribution in [0.3, 0.4) is 0 Å². The molecule has 0 unspecified atom stereocenters. The fourth-order valence-corrected chi connectivity index (χ4v) is 4.24. The summed E-state index contributed by atoms with van der Waals surface area (Å²) in [6.45, 7) is 9.53. The molecule has 0 saturated heterocycles. The second-order valence-corrected chi connectivity index (χ2v) is 6.78. The monoisotopic (exact) mass is 234 g/mol. The smallest absolute Gasteiger partial charge is 0.0261 e. The number of likely N-dealkylation sites (N-methyl/N-ethyl adjacent to an activating group) is 1. The highest BCUT2D eigenvalue weighted by Crippen LogP contribution is 2.58. The highest BCUT2D eigenvalue weighted by atomic mass is 15.0. The topological polar surface area (TPSA) is 14.1 Å². The van der Waals surface area contributed by atoms with Crippen molar-refractivity contribution in [2.45, 2.75) is 65.3 Å². The second kappa shape index (κ2) is 4.42. The Morgan fingerprint density at radius 3 is 2.65 bits per heavy atom. The molecule has 17 heavy (non-hydrogen) atoms. The number of allylic oxidation sites excluding steroid dienone is 1. The van der Waals surface area contributed by atoms with Crippen molar-refractivity contribution in [3.05, 3.63) is 17.0 Å². The summed E-state index contributed by atoms with van der Waals surface area (Å²) in [5.41, 5.74) is 2.18. The van der Waals surface area contributed by atoms with E-state index >= 15 is 0 Å². The minimum absolute atomic E-state index is 0.128. The van der Waals surface area contributed by atoms with Crippen molar-refractivity contribution in [2.24, 2.45) is 17.3 Å². The summed E-state index contributed by atoms with van der Waals surface area (Å²) in [7, 11) is 2.04. The van der Waals surface area contributed by atoms with Crippen LogP contribution in [-0.4, -0.2) is 12.6 Å². The average Bonchev–Trinajstić information content (AvgIpc) is 2.28. The zero-order valence-electron chi connectivity index (χ0n) is 12.2. The molecule has 0 radical (unpaired) electrons. The molecule has 0 aliphatic heterocycles. The number of hydrogen-bond acceptors (Lipinski definition) is 0. The van der Waals surface area contributed by atoms with E-state index in [-0.39, 0.29) is 5.54 Å². The molecule has 1 fully saturated rings. The summed E-state index contributed by atoms with van der Waals surface area (Å²) in [6, 6.07) is 0. The van der Waals surface area contributed by atoms with Crippen molar-refractivity contribution >= 4 is 0 Å². The molecule has 3 atom stereocenters. The first kappa shape index (κ1) is 13.1. The Kier molecular flexibility index (Phi) is 3.42. The fourth-order valence-electron chi connectivity index (χ4n) is 4.24. The molecule has 1 saturated carbocycles. The standard InChI is InChI=1S/C16H28N/c1-12(2)14-8-10-15(4)9-6-7-13(3)16(15,11-14)17-5/h11-13H,6-10H2,1-5H3/q-1/t13-,15-,16-/m1/s1. The van der Waals surface area contributed by atoms with Crippen LogP contribution in [-0.2, 0) is 0 Å². The van der Waals surface area contributed by atoms with E-state index in [1.165, 1.54) is 32.1 Å². The van der Waals surface area contributed by atoms with E-state index in [9.17, 15) is 0 Å². The number of rotatable bonds is 2. The van der Waals surface area contributed by atoms with Crippen LogP contribution in [0.1, 0.15) is 59.8 Å². The Hall–Kier alpha value is -0.300. The van der Waals surface area contributed by atoms with Gasteiger partial charge in [0, 0.05) is 0 Å². The summed E-state index contributed by atoms with van der Waals surface area (Å²) < 4.78 is 0. The van der Waals surface area contributed by atoms with E-state index in [1.807, 2.05) is 7.05 Å². The van der Waals surface area contributed by atoms with Crippen molar-refractivity contribution in [2.75, 3.05) is 7.05 Å². The summed E-state index contributed by atoms with van der Waals surface area (Å²) in [5, 5.41) is 4.91. The molecule has 98 valence electrons. The van der Waals surface area contributed by atoms with Gasteiger partial charge in [-0.25, -0.2) is 0 Å². The van der Waals surface area contributed by atoms with Gasteiger partial charge >= 0.3 is 0 Å². The van der Waals surface area contributed by atoms with Gasteiger partial charge in [-0.1, -0.05) is 63.6 Å². The molecule has 2 aliphatic carbocycles. The number of fused-ring (bicyclic) bond motifs is 1. The van der Waals surface area contributed by atoms with Crippen molar-refractivity contribution in [3.8, 4) is 0 Å². The summed E-state index contributed by atoms with van der Waals surface area (Å²) in [5.74, 6) is 1.40. The summed E-state index contributed by atoms with van der Waals surface area (Å²) in [4.78, 5) is 0. The predicted octanol–water partition coefficient (Wildman–Crippen LogP) is 4.93.